The fourth-order valence-corrected chi connectivity index (χ4v) is 3.82. The quantitative estimate of drug-likeness (QED) is 0.502. The number of carbonyl (C=O) groups is 1. The summed E-state index contributed by atoms with van der Waals surface area (Å²) in [7, 11) is 0. The van der Waals surface area contributed by atoms with Gasteiger partial charge in [-0.2, -0.15) is 0 Å². The third-order valence-corrected chi connectivity index (χ3v) is 5.33. The number of nitrogens with one attached hydrogen (secondary N) is 2. The lowest BCUT2D eigenvalue weighted by molar-refractivity contribution is 0.0177. The first-order valence-electron chi connectivity index (χ1n) is 9.69. The molecular weight excluding hydrogens is 384 g/mol. The van der Waals surface area contributed by atoms with Crippen molar-refractivity contribution in [1.82, 2.24) is 10.3 Å². The van der Waals surface area contributed by atoms with Gasteiger partial charge in [-0.25, -0.2) is 4.79 Å². The maximum Gasteiger partial charge on any atom is 0.407 e. The molecule has 2 atom stereocenters. The highest BCUT2D eigenvalue weighted by molar-refractivity contribution is 5.79. The molecule has 1 aliphatic rings. The van der Waals surface area contributed by atoms with Crippen molar-refractivity contribution >= 4 is 6.09 Å². The third-order valence-electron chi connectivity index (χ3n) is 5.33. The number of aromatic nitrogens is 1. The zero-order valence-corrected chi connectivity index (χ0v) is 16.1. The van der Waals surface area contributed by atoms with Crippen molar-refractivity contribution in [3.05, 3.63) is 93.9 Å². The molecule has 1 aliphatic carbocycles. The van der Waals surface area contributed by atoms with Crippen LogP contribution in [0.2, 0.25) is 0 Å². The molecule has 1 heterocycles. The van der Waals surface area contributed by atoms with Crippen molar-refractivity contribution in [3.8, 4) is 11.1 Å². The van der Waals surface area contributed by atoms with E-state index in [1.54, 1.807) is 6.07 Å². The van der Waals surface area contributed by atoms with Crippen molar-refractivity contribution in [3.63, 3.8) is 0 Å². The Morgan fingerprint density at radius 2 is 1.63 bits per heavy atom. The van der Waals surface area contributed by atoms with Crippen LogP contribution in [-0.2, 0) is 4.74 Å². The molecule has 154 valence electrons. The van der Waals surface area contributed by atoms with Gasteiger partial charge in [0.1, 0.15) is 18.8 Å². The predicted octanol–water partition coefficient (Wildman–Crippen LogP) is 2.31. The molecule has 0 radical (unpaired) electrons. The molecule has 0 spiro atoms. The standard InChI is InChI=1S/C23H22N2O5/c26-20(21(27)18-10-5-11-24-22(18)28)12-25-23(29)30-13-19-16-8-3-1-6-14(16)15-7-2-4-9-17(15)19/h1-11,19-21,26-27H,12-13H2,(H,24,28)(H,25,29). The smallest absolute Gasteiger partial charge is 0.407 e. The molecule has 0 aliphatic heterocycles. The highest BCUT2D eigenvalue weighted by atomic mass is 16.5. The Bertz CT molecular complexity index is 1060. The lowest BCUT2D eigenvalue weighted by Gasteiger charge is -2.18. The number of ether oxygens (including phenoxy) is 1. The second-order valence-electron chi connectivity index (χ2n) is 7.17. The highest BCUT2D eigenvalue weighted by Gasteiger charge is 2.29. The topological polar surface area (TPSA) is 112 Å². The minimum atomic E-state index is -1.43. The van der Waals surface area contributed by atoms with Crippen molar-refractivity contribution in [1.29, 1.82) is 0 Å². The number of amides is 1. The maximum absolute atomic E-state index is 12.2. The zero-order valence-electron chi connectivity index (χ0n) is 16.1. The Hall–Kier alpha value is -3.42. The van der Waals surface area contributed by atoms with Crippen LogP contribution in [0.5, 0.6) is 0 Å². The lowest BCUT2D eigenvalue weighted by atomic mass is 9.98. The maximum atomic E-state index is 12.2. The van der Waals surface area contributed by atoms with Crippen LogP contribution in [0.4, 0.5) is 4.79 Å². The first-order chi connectivity index (χ1) is 14.6. The first-order valence-corrected chi connectivity index (χ1v) is 9.69. The Morgan fingerprint density at radius 3 is 2.27 bits per heavy atom. The van der Waals surface area contributed by atoms with Crippen LogP contribution in [0.3, 0.4) is 0 Å². The predicted molar refractivity (Wildman–Crippen MR) is 111 cm³/mol. The summed E-state index contributed by atoms with van der Waals surface area (Å²) in [4.78, 5) is 26.3. The first kappa shape index (κ1) is 19.9. The van der Waals surface area contributed by atoms with Gasteiger partial charge < -0.3 is 25.3 Å². The van der Waals surface area contributed by atoms with Gasteiger partial charge in [0.25, 0.3) is 5.56 Å². The molecule has 0 saturated heterocycles. The van der Waals surface area contributed by atoms with Gasteiger partial charge in [-0.3, -0.25) is 4.79 Å². The van der Waals surface area contributed by atoms with Gasteiger partial charge in [0, 0.05) is 24.2 Å². The Balaban J connectivity index is 1.35. The van der Waals surface area contributed by atoms with E-state index in [1.807, 2.05) is 36.4 Å². The van der Waals surface area contributed by atoms with Crippen molar-refractivity contribution < 1.29 is 19.7 Å². The molecule has 4 N–H and O–H groups in total. The number of carbonyl (C=O) groups excluding carboxylic acids is 1. The molecule has 0 fully saturated rings. The summed E-state index contributed by atoms with van der Waals surface area (Å²) in [6.07, 6.45) is -2.05. The number of aliphatic hydroxyl groups excluding tert-OH is 2. The van der Waals surface area contributed by atoms with Crippen LogP contribution in [0.15, 0.2) is 71.7 Å². The van der Waals surface area contributed by atoms with E-state index >= 15 is 0 Å². The summed E-state index contributed by atoms with van der Waals surface area (Å²) in [5.74, 6) is -0.0680. The van der Waals surface area contributed by atoms with Crippen LogP contribution >= 0.6 is 0 Å². The molecule has 7 heteroatoms. The second kappa shape index (κ2) is 8.52. The van der Waals surface area contributed by atoms with Crippen LogP contribution in [-0.4, -0.2) is 40.5 Å². The van der Waals surface area contributed by atoms with Gasteiger partial charge in [-0.1, -0.05) is 48.5 Å². The Morgan fingerprint density at radius 1 is 1.00 bits per heavy atom. The summed E-state index contributed by atoms with van der Waals surface area (Å²) < 4.78 is 5.39. The minimum absolute atomic E-state index is 0.0272. The van der Waals surface area contributed by atoms with E-state index in [2.05, 4.69) is 22.4 Å². The molecule has 30 heavy (non-hydrogen) atoms. The molecule has 0 bridgehead atoms. The third kappa shape index (κ3) is 3.85. The Labute approximate surface area is 173 Å². The number of fused-ring (bicyclic) bond motifs is 3. The lowest BCUT2D eigenvalue weighted by Crippen LogP contribution is -2.37. The van der Waals surface area contributed by atoms with E-state index in [0.29, 0.717) is 0 Å². The second-order valence-corrected chi connectivity index (χ2v) is 7.17. The summed E-state index contributed by atoms with van der Waals surface area (Å²) in [6, 6.07) is 19.0. The average Bonchev–Trinajstić information content (AvgIpc) is 3.09. The SMILES string of the molecule is O=C(NCC(O)C(O)c1ccc[nH]c1=O)OCC1c2ccccc2-c2ccccc21. The Kier molecular flexibility index (Phi) is 5.65. The number of aromatic amines is 1. The van der Waals surface area contributed by atoms with Crippen LogP contribution in [0, 0.1) is 0 Å². The molecular formula is C23H22N2O5. The molecule has 4 rings (SSSR count). The summed E-state index contributed by atoms with van der Waals surface area (Å²) >= 11 is 0. The molecule has 7 nitrogen and oxygen atoms in total. The van der Waals surface area contributed by atoms with E-state index in [4.69, 9.17) is 4.74 Å². The van der Waals surface area contributed by atoms with E-state index in [0.717, 1.165) is 22.3 Å². The van der Waals surface area contributed by atoms with Gasteiger partial charge >= 0.3 is 6.09 Å². The normalized spacial score (nSPS) is 14.5. The molecule has 3 aromatic rings. The van der Waals surface area contributed by atoms with Crippen molar-refractivity contribution in [2.75, 3.05) is 13.2 Å². The monoisotopic (exact) mass is 406 g/mol. The van der Waals surface area contributed by atoms with Gasteiger partial charge in [-0.15, -0.1) is 0 Å². The summed E-state index contributed by atoms with van der Waals surface area (Å²) in [5, 5.41) is 22.7. The molecule has 2 aromatic carbocycles. The number of hydrogen-bond donors (Lipinski definition) is 4. The number of pyridine rings is 1. The number of aliphatic hydroxyl groups is 2. The minimum Gasteiger partial charge on any atom is -0.449 e. The highest BCUT2D eigenvalue weighted by Crippen LogP contribution is 2.44. The number of hydrogen-bond acceptors (Lipinski definition) is 5. The largest absolute Gasteiger partial charge is 0.449 e. The van der Waals surface area contributed by atoms with E-state index in [-0.39, 0.29) is 24.6 Å². The van der Waals surface area contributed by atoms with E-state index in [1.165, 1.54) is 12.3 Å². The molecule has 1 aromatic heterocycles. The zero-order chi connectivity index (χ0) is 21.1. The van der Waals surface area contributed by atoms with Crippen LogP contribution in [0.1, 0.15) is 28.7 Å². The number of H-pyrrole nitrogens is 1. The van der Waals surface area contributed by atoms with E-state index in [9.17, 15) is 19.8 Å². The molecule has 0 saturated carbocycles. The van der Waals surface area contributed by atoms with Crippen LogP contribution < -0.4 is 10.9 Å². The summed E-state index contributed by atoms with van der Waals surface area (Å²) in [6.45, 7) is -0.108. The fourth-order valence-electron chi connectivity index (χ4n) is 3.82. The van der Waals surface area contributed by atoms with Crippen molar-refractivity contribution in [2.24, 2.45) is 0 Å². The van der Waals surface area contributed by atoms with E-state index < -0.39 is 23.9 Å². The number of alkyl carbamates (subject to hydrolysis) is 1. The van der Waals surface area contributed by atoms with Gasteiger partial charge in [0.05, 0.1) is 0 Å². The number of benzene rings is 2. The summed E-state index contributed by atoms with van der Waals surface area (Å²) in [5.41, 5.74) is 4.00. The molecule has 2 unspecified atom stereocenters. The average molecular weight is 406 g/mol. The van der Waals surface area contributed by atoms with Gasteiger partial charge in [-0.05, 0) is 34.4 Å². The molecule has 1 amide bonds. The number of rotatable bonds is 6. The van der Waals surface area contributed by atoms with Crippen molar-refractivity contribution in [2.45, 2.75) is 18.1 Å². The fraction of sp³-hybridized carbons (Fsp3) is 0.217. The van der Waals surface area contributed by atoms with Gasteiger partial charge in [0.2, 0.25) is 0 Å². The van der Waals surface area contributed by atoms with Gasteiger partial charge in [0.15, 0.2) is 0 Å². The van der Waals surface area contributed by atoms with Crippen LogP contribution in [0.25, 0.3) is 11.1 Å².